The van der Waals surface area contributed by atoms with E-state index < -0.39 is 0 Å². The Morgan fingerprint density at radius 1 is 1.22 bits per heavy atom. The van der Waals surface area contributed by atoms with Crippen molar-refractivity contribution in [1.82, 2.24) is 0 Å². The molecular weight excluding hydrogens is 240 g/mol. The van der Waals surface area contributed by atoms with Crippen LogP contribution in [0.5, 0.6) is 0 Å². The maximum absolute atomic E-state index is 6.27. The molecule has 1 heterocycles. The lowest BCUT2D eigenvalue weighted by Gasteiger charge is -2.30. The van der Waals surface area contributed by atoms with Gasteiger partial charge in [0.25, 0.3) is 0 Å². The minimum atomic E-state index is 0.0269. The van der Waals surface area contributed by atoms with Crippen molar-refractivity contribution in [2.24, 2.45) is 0 Å². The molecule has 2 atom stereocenters. The zero-order chi connectivity index (χ0) is 13.2. The Kier molecular flexibility index (Phi) is 4.08. The molecule has 0 spiro atoms. The highest BCUT2D eigenvalue weighted by molar-refractivity contribution is 7.99. The number of benzene rings is 1. The first-order chi connectivity index (χ1) is 8.45. The Hall–Kier alpha value is -0.470. The zero-order valence-electron chi connectivity index (χ0n) is 11.9. The molecule has 1 aromatic carbocycles. The summed E-state index contributed by atoms with van der Waals surface area (Å²) in [6.45, 7) is 8.93. The van der Waals surface area contributed by atoms with Gasteiger partial charge in [0.2, 0.25) is 0 Å². The maximum atomic E-state index is 6.27. The van der Waals surface area contributed by atoms with Gasteiger partial charge in [-0.3, -0.25) is 0 Å². The summed E-state index contributed by atoms with van der Waals surface area (Å²) in [6.07, 6.45) is 2.23. The van der Waals surface area contributed by atoms with Gasteiger partial charge < -0.3 is 4.74 Å². The number of hydrogen-bond acceptors (Lipinski definition) is 2. The molecule has 0 N–H and O–H groups in total. The van der Waals surface area contributed by atoms with Crippen LogP contribution >= 0.6 is 11.8 Å². The third kappa shape index (κ3) is 3.10. The predicted molar refractivity (Wildman–Crippen MR) is 80.0 cm³/mol. The summed E-state index contributed by atoms with van der Waals surface area (Å²) in [4.78, 5) is 0. The van der Waals surface area contributed by atoms with Crippen molar-refractivity contribution in [3.8, 4) is 0 Å². The number of thioether (sulfide) groups is 1. The Bertz CT molecular complexity index is 387. The lowest BCUT2D eigenvalue weighted by Crippen LogP contribution is -2.34. The highest BCUT2D eigenvalue weighted by Gasteiger charge is 2.47. The first-order valence-corrected chi connectivity index (χ1v) is 7.86. The van der Waals surface area contributed by atoms with E-state index >= 15 is 0 Å². The molecule has 0 radical (unpaired) electrons. The first kappa shape index (κ1) is 14.0. The quantitative estimate of drug-likeness (QED) is 0.782. The van der Waals surface area contributed by atoms with Crippen LogP contribution in [0.2, 0.25) is 0 Å². The molecule has 18 heavy (non-hydrogen) atoms. The lowest BCUT2D eigenvalue weighted by molar-refractivity contribution is -0.0753. The second-order valence-electron chi connectivity index (χ2n) is 6.02. The van der Waals surface area contributed by atoms with E-state index in [9.17, 15) is 0 Å². The fourth-order valence-corrected chi connectivity index (χ4v) is 4.38. The van der Waals surface area contributed by atoms with Crippen LogP contribution < -0.4 is 0 Å². The van der Waals surface area contributed by atoms with Gasteiger partial charge in [-0.25, -0.2) is 0 Å². The van der Waals surface area contributed by atoms with Gasteiger partial charge in [-0.15, -0.1) is 0 Å². The summed E-state index contributed by atoms with van der Waals surface area (Å²) >= 11 is 2.05. The smallest absolute Gasteiger partial charge is 0.0778 e. The van der Waals surface area contributed by atoms with E-state index in [1.165, 1.54) is 5.56 Å². The van der Waals surface area contributed by atoms with Crippen LogP contribution in [0.1, 0.15) is 46.1 Å². The highest BCUT2D eigenvalue weighted by Crippen LogP contribution is 2.46. The molecule has 0 aliphatic carbocycles. The van der Waals surface area contributed by atoms with Crippen molar-refractivity contribution in [2.75, 3.05) is 0 Å². The molecule has 1 aliphatic heterocycles. The fraction of sp³-hybridized carbons (Fsp3) is 0.625. The molecule has 100 valence electrons. The molecule has 0 bridgehead atoms. The average molecular weight is 264 g/mol. The second-order valence-corrected chi connectivity index (χ2v) is 7.21. The van der Waals surface area contributed by atoms with Crippen LogP contribution in [0, 0.1) is 0 Å². The molecule has 0 aromatic heterocycles. The van der Waals surface area contributed by atoms with Crippen LogP contribution in [-0.2, 0) is 10.5 Å². The van der Waals surface area contributed by atoms with E-state index in [0.717, 1.165) is 18.6 Å². The molecule has 0 amide bonds. The summed E-state index contributed by atoms with van der Waals surface area (Å²) in [5.74, 6) is 1.08. The normalized spacial score (nSPS) is 30.6. The third-order valence-electron chi connectivity index (χ3n) is 3.86. The van der Waals surface area contributed by atoms with Gasteiger partial charge in [-0.1, -0.05) is 37.3 Å². The lowest BCUT2D eigenvalue weighted by atomic mass is 9.96. The Balaban J connectivity index is 2.00. The Morgan fingerprint density at radius 2 is 1.89 bits per heavy atom. The molecule has 1 nitrogen and oxygen atoms in total. The van der Waals surface area contributed by atoms with Gasteiger partial charge in [0.15, 0.2) is 0 Å². The van der Waals surface area contributed by atoms with E-state index in [-0.39, 0.29) is 11.2 Å². The number of rotatable bonds is 4. The van der Waals surface area contributed by atoms with Crippen molar-refractivity contribution in [2.45, 2.75) is 62.7 Å². The molecular formula is C16H24OS. The molecule has 1 saturated heterocycles. The van der Waals surface area contributed by atoms with E-state index in [0.29, 0.717) is 5.25 Å². The molecule has 0 unspecified atom stereocenters. The molecule has 1 aliphatic rings. The highest BCUT2D eigenvalue weighted by atomic mass is 32.2. The largest absolute Gasteiger partial charge is 0.368 e. The Labute approximate surface area is 115 Å². The summed E-state index contributed by atoms with van der Waals surface area (Å²) in [5.41, 5.74) is 1.47. The maximum Gasteiger partial charge on any atom is 0.0778 e. The van der Waals surface area contributed by atoms with E-state index in [1.54, 1.807) is 0 Å². The van der Waals surface area contributed by atoms with Crippen molar-refractivity contribution in [1.29, 1.82) is 0 Å². The van der Waals surface area contributed by atoms with Gasteiger partial charge in [0.1, 0.15) is 0 Å². The molecule has 2 heteroatoms. The van der Waals surface area contributed by atoms with Crippen LogP contribution in [0.4, 0.5) is 0 Å². The fourth-order valence-electron chi connectivity index (χ4n) is 2.71. The van der Waals surface area contributed by atoms with Crippen molar-refractivity contribution < 1.29 is 4.74 Å². The minimum Gasteiger partial charge on any atom is -0.368 e. The van der Waals surface area contributed by atoms with E-state index in [2.05, 4.69) is 58.0 Å². The van der Waals surface area contributed by atoms with Crippen molar-refractivity contribution in [3.63, 3.8) is 0 Å². The second kappa shape index (κ2) is 5.26. The molecule has 1 fully saturated rings. The van der Waals surface area contributed by atoms with Crippen LogP contribution in [0.25, 0.3) is 0 Å². The standard InChI is InChI=1S/C16H24OS/c1-5-16(4)14(11-15(2,3)17-16)18-12-13-9-7-6-8-10-13/h6-10,14H,5,11-12H2,1-4H3/t14-,16+/m1/s1. The Morgan fingerprint density at radius 3 is 2.50 bits per heavy atom. The van der Waals surface area contributed by atoms with Gasteiger partial charge >= 0.3 is 0 Å². The SMILES string of the molecule is CC[C@]1(C)OC(C)(C)C[C@H]1SCc1ccccc1. The van der Waals surface area contributed by atoms with Crippen molar-refractivity contribution in [3.05, 3.63) is 35.9 Å². The summed E-state index contributed by atoms with van der Waals surface area (Å²) in [7, 11) is 0. The first-order valence-electron chi connectivity index (χ1n) is 6.81. The minimum absolute atomic E-state index is 0.0269. The predicted octanol–water partition coefficient (Wildman–Crippen LogP) is 4.66. The topological polar surface area (TPSA) is 9.23 Å². The molecule has 0 saturated carbocycles. The summed E-state index contributed by atoms with van der Waals surface area (Å²) in [6, 6.07) is 10.7. The summed E-state index contributed by atoms with van der Waals surface area (Å²) < 4.78 is 6.27. The van der Waals surface area contributed by atoms with Crippen LogP contribution in [0.15, 0.2) is 30.3 Å². The van der Waals surface area contributed by atoms with Gasteiger partial charge in [-0.2, -0.15) is 11.8 Å². The van der Waals surface area contributed by atoms with Gasteiger partial charge in [-0.05, 0) is 39.2 Å². The average Bonchev–Trinajstić information content (AvgIpc) is 2.58. The summed E-state index contributed by atoms with van der Waals surface area (Å²) in [5, 5.41) is 0.595. The molecule has 1 aromatic rings. The van der Waals surface area contributed by atoms with Crippen LogP contribution in [0.3, 0.4) is 0 Å². The van der Waals surface area contributed by atoms with Crippen molar-refractivity contribution >= 4 is 11.8 Å². The number of ether oxygens (including phenoxy) is 1. The van der Waals surface area contributed by atoms with Gasteiger partial charge in [0, 0.05) is 11.0 Å². The van der Waals surface area contributed by atoms with Crippen LogP contribution in [-0.4, -0.2) is 16.5 Å². The number of hydrogen-bond donors (Lipinski definition) is 0. The third-order valence-corrected chi connectivity index (χ3v) is 5.43. The monoisotopic (exact) mass is 264 g/mol. The zero-order valence-corrected chi connectivity index (χ0v) is 12.7. The van der Waals surface area contributed by atoms with E-state index in [4.69, 9.17) is 4.74 Å². The molecule has 2 rings (SSSR count). The van der Waals surface area contributed by atoms with E-state index in [1.807, 2.05) is 11.8 Å². The van der Waals surface area contributed by atoms with Gasteiger partial charge in [0.05, 0.1) is 11.2 Å².